The van der Waals surface area contributed by atoms with Gasteiger partial charge >= 0.3 is 0 Å². The monoisotopic (exact) mass is 381 g/mol. The van der Waals surface area contributed by atoms with Gasteiger partial charge in [-0.15, -0.1) is 0 Å². The lowest BCUT2D eigenvalue weighted by atomic mass is 10.2. The van der Waals surface area contributed by atoms with Crippen LogP contribution in [0.25, 0.3) is 5.69 Å². The molecule has 1 aliphatic heterocycles. The predicted molar refractivity (Wildman–Crippen MR) is 97.1 cm³/mol. The highest BCUT2D eigenvalue weighted by atomic mass is 35.5. The fourth-order valence-electron chi connectivity index (χ4n) is 3.16. The van der Waals surface area contributed by atoms with Crippen LogP contribution in [-0.4, -0.2) is 53.1 Å². The van der Waals surface area contributed by atoms with E-state index in [9.17, 15) is 13.2 Å². The number of halogens is 1. The quantitative estimate of drug-likeness (QED) is 0.815. The van der Waals surface area contributed by atoms with E-state index in [0.29, 0.717) is 23.7 Å². The maximum Gasteiger partial charge on any atom is 0.274 e. The highest BCUT2D eigenvalue weighted by Gasteiger charge is 2.35. The van der Waals surface area contributed by atoms with Crippen LogP contribution in [0.4, 0.5) is 0 Å². The summed E-state index contributed by atoms with van der Waals surface area (Å²) in [6.45, 7) is 4.17. The molecule has 0 spiro atoms. The Labute approximate surface area is 152 Å². The Bertz CT molecular complexity index is 890. The van der Waals surface area contributed by atoms with Gasteiger partial charge in [-0.25, -0.2) is 13.1 Å². The van der Waals surface area contributed by atoms with E-state index in [-0.39, 0.29) is 23.5 Å². The minimum absolute atomic E-state index is 0.0312. The van der Waals surface area contributed by atoms with Crippen LogP contribution in [0.5, 0.6) is 0 Å². The number of rotatable bonds is 4. The zero-order valence-electron chi connectivity index (χ0n) is 14.1. The minimum Gasteiger partial charge on any atom is -0.333 e. The molecule has 1 amide bonds. The van der Waals surface area contributed by atoms with Crippen molar-refractivity contribution < 1.29 is 13.2 Å². The minimum atomic E-state index is -3.05. The second-order valence-electron chi connectivity index (χ2n) is 6.21. The van der Waals surface area contributed by atoms with Gasteiger partial charge in [0.1, 0.15) is 0 Å². The van der Waals surface area contributed by atoms with Gasteiger partial charge < -0.3 is 4.90 Å². The summed E-state index contributed by atoms with van der Waals surface area (Å²) >= 11 is 5.91. The van der Waals surface area contributed by atoms with Crippen molar-refractivity contribution in [2.24, 2.45) is 0 Å². The molecule has 1 fully saturated rings. The smallest absolute Gasteiger partial charge is 0.274 e. The molecular formula is C17H20ClN3O3S. The third-order valence-corrected chi connectivity index (χ3v) is 6.43. The normalized spacial score (nSPS) is 19.1. The van der Waals surface area contributed by atoms with Gasteiger partial charge in [0.2, 0.25) is 0 Å². The Hall–Kier alpha value is -1.86. The highest BCUT2D eigenvalue weighted by molar-refractivity contribution is 7.91. The average Bonchev–Trinajstić information content (AvgIpc) is 3.11. The van der Waals surface area contributed by atoms with Crippen LogP contribution in [0.3, 0.4) is 0 Å². The zero-order chi connectivity index (χ0) is 18.2. The Morgan fingerprint density at radius 3 is 2.60 bits per heavy atom. The van der Waals surface area contributed by atoms with E-state index in [1.54, 1.807) is 27.8 Å². The van der Waals surface area contributed by atoms with Crippen molar-refractivity contribution in [2.45, 2.75) is 26.3 Å². The molecule has 1 unspecified atom stereocenters. The van der Waals surface area contributed by atoms with E-state index in [4.69, 9.17) is 11.6 Å². The zero-order valence-corrected chi connectivity index (χ0v) is 15.7. The number of aryl methyl sites for hydroxylation is 1. The molecule has 0 saturated carbocycles. The SMILES string of the molecule is CCN(C(=O)c1cc(C)n(-c2ccc(Cl)cc2)n1)C1CCS(=O)(=O)C1. The maximum absolute atomic E-state index is 12.9. The summed E-state index contributed by atoms with van der Waals surface area (Å²) in [6.07, 6.45) is 0.485. The van der Waals surface area contributed by atoms with Crippen LogP contribution >= 0.6 is 11.6 Å². The standard InChI is InChI=1S/C17H20ClN3O3S/c1-3-20(15-8-9-25(23,24)11-15)17(22)16-10-12(2)21(19-16)14-6-4-13(18)5-7-14/h4-7,10,15H,3,8-9,11H2,1-2H3. The van der Waals surface area contributed by atoms with Crippen LogP contribution < -0.4 is 0 Å². The summed E-state index contributed by atoms with van der Waals surface area (Å²) in [4.78, 5) is 14.5. The Morgan fingerprint density at radius 1 is 1.36 bits per heavy atom. The van der Waals surface area contributed by atoms with Crippen molar-refractivity contribution in [1.29, 1.82) is 0 Å². The second-order valence-corrected chi connectivity index (χ2v) is 8.87. The number of carbonyl (C=O) groups excluding carboxylic acids is 1. The van der Waals surface area contributed by atoms with Gasteiger partial charge in [0.15, 0.2) is 15.5 Å². The summed E-state index contributed by atoms with van der Waals surface area (Å²) in [5, 5.41) is 5.05. The first kappa shape index (κ1) is 17.9. The van der Waals surface area contributed by atoms with Crippen molar-refractivity contribution in [2.75, 3.05) is 18.1 Å². The molecule has 1 aromatic heterocycles. The maximum atomic E-state index is 12.9. The first-order valence-electron chi connectivity index (χ1n) is 8.14. The number of hydrogen-bond donors (Lipinski definition) is 0. The largest absolute Gasteiger partial charge is 0.333 e. The molecule has 0 radical (unpaired) electrons. The first-order valence-corrected chi connectivity index (χ1v) is 10.3. The fraction of sp³-hybridized carbons (Fsp3) is 0.412. The average molecular weight is 382 g/mol. The number of carbonyl (C=O) groups is 1. The second kappa shape index (κ2) is 6.80. The molecule has 1 aliphatic rings. The van der Waals surface area contributed by atoms with Crippen LogP contribution in [0.2, 0.25) is 5.02 Å². The number of benzene rings is 1. The topological polar surface area (TPSA) is 72.3 Å². The number of nitrogens with zero attached hydrogens (tertiary/aromatic N) is 3. The number of amides is 1. The molecule has 8 heteroatoms. The van der Waals surface area contributed by atoms with Gasteiger partial charge in [-0.1, -0.05) is 11.6 Å². The van der Waals surface area contributed by atoms with Gasteiger partial charge in [-0.05, 0) is 50.6 Å². The predicted octanol–water partition coefficient (Wildman–Crippen LogP) is 2.48. The van der Waals surface area contributed by atoms with Crippen molar-refractivity contribution in [3.8, 4) is 5.69 Å². The van der Waals surface area contributed by atoms with Crippen molar-refractivity contribution >= 4 is 27.3 Å². The highest BCUT2D eigenvalue weighted by Crippen LogP contribution is 2.21. The molecule has 2 heterocycles. The molecule has 3 rings (SSSR count). The van der Waals surface area contributed by atoms with Gasteiger partial charge in [0.25, 0.3) is 5.91 Å². The Balaban J connectivity index is 1.87. The molecule has 0 bridgehead atoms. The Morgan fingerprint density at radius 2 is 2.04 bits per heavy atom. The summed E-state index contributed by atoms with van der Waals surface area (Å²) in [5.74, 6) is -0.0659. The van der Waals surface area contributed by atoms with Gasteiger partial charge in [-0.2, -0.15) is 5.10 Å². The van der Waals surface area contributed by atoms with Crippen molar-refractivity contribution in [3.63, 3.8) is 0 Å². The van der Waals surface area contributed by atoms with Gasteiger partial charge in [0.05, 0.1) is 17.2 Å². The van der Waals surface area contributed by atoms with E-state index < -0.39 is 9.84 Å². The molecule has 25 heavy (non-hydrogen) atoms. The molecule has 0 N–H and O–H groups in total. The van der Waals surface area contributed by atoms with Crippen LogP contribution in [-0.2, 0) is 9.84 Å². The van der Waals surface area contributed by atoms with Crippen molar-refractivity contribution in [1.82, 2.24) is 14.7 Å². The third kappa shape index (κ3) is 3.72. The number of hydrogen-bond acceptors (Lipinski definition) is 4. The molecule has 1 aromatic carbocycles. The summed E-state index contributed by atoms with van der Waals surface area (Å²) < 4.78 is 25.1. The summed E-state index contributed by atoms with van der Waals surface area (Å²) in [5.41, 5.74) is 1.95. The molecule has 1 atom stereocenters. The van der Waals surface area contributed by atoms with Crippen LogP contribution in [0, 0.1) is 6.92 Å². The lowest BCUT2D eigenvalue weighted by Gasteiger charge is -2.25. The van der Waals surface area contributed by atoms with Crippen LogP contribution in [0.1, 0.15) is 29.5 Å². The molecule has 134 valence electrons. The summed E-state index contributed by atoms with van der Waals surface area (Å²) in [6, 6.07) is 8.64. The third-order valence-electron chi connectivity index (χ3n) is 4.43. The van der Waals surface area contributed by atoms with Crippen LogP contribution in [0.15, 0.2) is 30.3 Å². The lowest BCUT2D eigenvalue weighted by Crippen LogP contribution is -2.41. The molecule has 1 saturated heterocycles. The Kier molecular flexibility index (Phi) is 4.88. The molecular weight excluding hydrogens is 362 g/mol. The van der Waals surface area contributed by atoms with E-state index in [1.165, 1.54) is 0 Å². The van der Waals surface area contributed by atoms with E-state index in [0.717, 1.165) is 11.4 Å². The lowest BCUT2D eigenvalue weighted by molar-refractivity contribution is 0.0702. The van der Waals surface area contributed by atoms with E-state index in [2.05, 4.69) is 5.10 Å². The van der Waals surface area contributed by atoms with Gasteiger partial charge in [0, 0.05) is 23.3 Å². The number of aromatic nitrogens is 2. The first-order chi connectivity index (χ1) is 11.8. The number of sulfone groups is 1. The van der Waals surface area contributed by atoms with Gasteiger partial charge in [-0.3, -0.25) is 4.79 Å². The molecule has 2 aromatic rings. The van der Waals surface area contributed by atoms with E-state index >= 15 is 0 Å². The molecule has 0 aliphatic carbocycles. The fourth-order valence-corrected chi connectivity index (χ4v) is 5.02. The summed E-state index contributed by atoms with van der Waals surface area (Å²) in [7, 11) is -3.05. The molecule has 6 nitrogen and oxygen atoms in total. The van der Waals surface area contributed by atoms with E-state index in [1.807, 2.05) is 26.0 Å². The van der Waals surface area contributed by atoms with Crippen molar-refractivity contribution in [3.05, 3.63) is 46.7 Å².